The van der Waals surface area contributed by atoms with E-state index < -0.39 is 27.5 Å². The number of hydrogen-bond donors (Lipinski definition) is 2. The van der Waals surface area contributed by atoms with Crippen molar-refractivity contribution >= 4 is 39.8 Å². The Hall–Kier alpha value is -0.970. The number of halogens is 3. The lowest BCUT2D eigenvalue weighted by atomic mass is 10.1. The van der Waals surface area contributed by atoms with Crippen molar-refractivity contribution < 1.29 is 17.2 Å². The van der Waals surface area contributed by atoms with E-state index in [-0.39, 0.29) is 41.4 Å². The van der Waals surface area contributed by atoms with Crippen molar-refractivity contribution in [3.8, 4) is 0 Å². The summed E-state index contributed by atoms with van der Waals surface area (Å²) in [5.74, 6) is -0.225. The molecule has 1 saturated carbocycles. The molecule has 1 aromatic carbocycles. The van der Waals surface area contributed by atoms with Crippen molar-refractivity contribution in [3.63, 3.8) is 0 Å². The molecule has 2 fully saturated rings. The average Bonchev–Trinajstić information content (AvgIpc) is 3.21. The van der Waals surface area contributed by atoms with Crippen molar-refractivity contribution in [3.05, 3.63) is 35.4 Å². The molecule has 9 heteroatoms. The zero-order valence-electron chi connectivity index (χ0n) is 16.0. The van der Waals surface area contributed by atoms with E-state index in [1.54, 1.807) is 6.92 Å². The quantitative estimate of drug-likeness (QED) is 0.349. The third-order valence-corrected chi connectivity index (χ3v) is 7.15. The highest BCUT2D eigenvalue weighted by atomic mass is 127. The summed E-state index contributed by atoms with van der Waals surface area (Å²) in [6.45, 7) is 2.21. The first-order valence-corrected chi connectivity index (χ1v) is 11.4. The van der Waals surface area contributed by atoms with Gasteiger partial charge in [0.15, 0.2) is 15.8 Å². The number of hydrogen-bond acceptors (Lipinski definition) is 3. The summed E-state index contributed by atoms with van der Waals surface area (Å²) in [7, 11) is -2.94. The van der Waals surface area contributed by atoms with Crippen molar-refractivity contribution in [1.82, 2.24) is 10.6 Å². The smallest absolute Gasteiger partial charge is 0.191 e. The number of guanidine groups is 1. The molecule has 3 rings (SSSR count). The van der Waals surface area contributed by atoms with Gasteiger partial charge in [-0.15, -0.1) is 24.0 Å². The number of rotatable bonds is 5. The molecule has 2 aliphatic rings. The number of benzene rings is 1. The zero-order valence-corrected chi connectivity index (χ0v) is 19.1. The Morgan fingerprint density at radius 1 is 1.25 bits per heavy atom. The third-order valence-electron chi connectivity index (χ3n) is 5.31. The summed E-state index contributed by atoms with van der Waals surface area (Å²) in [5.41, 5.74) is 0.362. The molecule has 1 aliphatic heterocycles. The third kappa shape index (κ3) is 6.53. The van der Waals surface area contributed by atoms with Crippen LogP contribution in [0.2, 0.25) is 0 Å². The Morgan fingerprint density at radius 3 is 2.57 bits per heavy atom. The fraction of sp³-hybridized carbons (Fsp3) is 0.632. The zero-order chi connectivity index (χ0) is 19.4. The Bertz CT molecular complexity index is 798. The second kappa shape index (κ2) is 10.2. The van der Waals surface area contributed by atoms with Crippen LogP contribution in [0.5, 0.6) is 0 Å². The molecule has 0 radical (unpaired) electrons. The fourth-order valence-corrected chi connectivity index (χ4v) is 5.62. The van der Waals surface area contributed by atoms with Gasteiger partial charge >= 0.3 is 0 Å². The van der Waals surface area contributed by atoms with Gasteiger partial charge in [0.25, 0.3) is 0 Å². The Balaban J connectivity index is 0.00000280. The van der Waals surface area contributed by atoms with Crippen LogP contribution in [-0.4, -0.2) is 38.5 Å². The van der Waals surface area contributed by atoms with E-state index >= 15 is 0 Å². The normalized spacial score (nSPS) is 23.2. The highest BCUT2D eigenvalue weighted by Gasteiger charge is 2.28. The van der Waals surface area contributed by atoms with E-state index in [4.69, 9.17) is 0 Å². The van der Waals surface area contributed by atoms with E-state index in [2.05, 4.69) is 15.6 Å². The van der Waals surface area contributed by atoms with Gasteiger partial charge in [-0.25, -0.2) is 17.2 Å². The largest absolute Gasteiger partial charge is 0.354 e. The van der Waals surface area contributed by atoms with Gasteiger partial charge in [-0.1, -0.05) is 18.9 Å². The molecule has 2 unspecified atom stereocenters. The second-order valence-electron chi connectivity index (χ2n) is 7.62. The molecule has 0 amide bonds. The summed E-state index contributed by atoms with van der Waals surface area (Å²) in [6, 6.07) is 3.46. The standard InChI is InChI=1S/C19H27F2N3O2S.HI/c1-13(17-7-6-15(20)10-18(17)21)23-19(24-16-4-2-3-5-16)22-11-14-8-9-27(25,26)12-14;/h6-7,10,13-14,16H,2-5,8-9,11-12H2,1H3,(H2,22,23,24);1H. The van der Waals surface area contributed by atoms with Crippen LogP contribution in [0.25, 0.3) is 0 Å². The SMILES string of the molecule is CC(NC(=NCC1CCS(=O)(=O)C1)NC1CCCC1)c1ccc(F)cc1F.I. The molecular formula is C19H28F2IN3O2S. The van der Waals surface area contributed by atoms with Crippen LogP contribution in [0.15, 0.2) is 23.2 Å². The van der Waals surface area contributed by atoms with Crippen LogP contribution in [-0.2, 0) is 9.84 Å². The molecule has 0 bridgehead atoms. The monoisotopic (exact) mass is 527 g/mol. The van der Waals surface area contributed by atoms with Gasteiger partial charge in [-0.05, 0) is 38.2 Å². The van der Waals surface area contributed by atoms with E-state index in [0.29, 0.717) is 30.5 Å². The van der Waals surface area contributed by atoms with Crippen molar-refractivity contribution in [2.24, 2.45) is 10.9 Å². The van der Waals surface area contributed by atoms with Crippen molar-refractivity contribution in [2.75, 3.05) is 18.1 Å². The maximum atomic E-state index is 14.1. The molecule has 1 aromatic rings. The second-order valence-corrected chi connectivity index (χ2v) is 9.84. The summed E-state index contributed by atoms with van der Waals surface area (Å²) >= 11 is 0. The molecule has 1 saturated heterocycles. The van der Waals surface area contributed by atoms with Crippen LogP contribution in [0.1, 0.15) is 50.6 Å². The molecule has 2 atom stereocenters. The molecule has 0 spiro atoms. The van der Waals surface area contributed by atoms with Gasteiger partial charge in [0.1, 0.15) is 11.6 Å². The number of nitrogens with one attached hydrogen (secondary N) is 2. The molecule has 28 heavy (non-hydrogen) atoms. The minimum absolute atomic E-state index is 0. The number of aliphatic imine (C=N–C) groups is 1. The first-order valence-electron chi connectivity index (χ1n) is 9.55. The van der Waals surface area contributed by atoms with Crippen LogP contribution >= 0.6 is 24.0 Å². The van der Waals surface area contributed by atoms with Crippen LogP contribution in [0.4, 0.5) is 8.78 Å². The first-order chi connectivity index (χ1) is 12.8. The van der Waals surface area contributed by atoms with Crippen molar-refractivity contribution in [2.45, 2.75) is 51.1 Å². The average molecular weight is 527 g/mol. The first kappa shape index (κ1) is 23.3. The van der Waals surface area contributed by atoms with Gasteiger partial charge < -0.3 is 10.6 Å². The maximum Gasteiger partial charge on any atom is 0.191 e. The number of sulfone groups is 1. The molecule has 158 valence electrons. The van der Waals surface area contributed by atoms with Crippen LogP contribution in [0.3, 0.4) is 0 Å². The number of nitrogens with zero attached hydrogens (tertiary/aromatic N) is 1. The molecule has 0 aromatic heterocycles. The van der Waals surface area contributed by atoms with Crippen molar-refractivity contribution in [1.29, 1.82) is 0 Å². The van der Waals surface area contributed by atoms with E-state index in [0.717, 1.165) is 31.7 Å². The summed E-state index contributed by atoms with van der Waals surface area (Å²) < 4.78 is 50.5. The topological polar surface area (TPSA) is 70.6 Å². The van der Waals surface area contributed by atoms with Gasteiger partial charge in [-0.3, -0.25) is 4.99 Å². The highest BCUT2D eigenvalue weighted by Crippen LogP contribution is 2.21. The van der Waals surface area contributed by atoms with Gasteiger partial charge in [0.2, 0.25) is 0 Å². The summed E-state index contributed by atoms with van der Waals surface area (Å²) in [5, 5.41) is 6.58. The Kier molecular flexibility index (Phi) is 8.47. The predicted octanol–water partition coefficient (Wildman–Crippen LogP) is 3.56. The molecule has 1 aliphatic carbocycles. The molecular weight excluding hydrogens is 499 g/mol. The van der Waals surface area contributed by atoms with E-state index in [1.807, 2.05) is 0 Å². The summed E-state index contributed by atoms with van der Waals surface area (Å²) in [4.78, 5) is 4.58. The van der Waals surface area contributed by atoms with Gasteiger partial charge in [0, 0.05) is 24.2 Å². The minimum Gasteiger partial charge on any atom is -0.354 e. The highest BCUT2D eigenvalue weighted by molar-refractivity contribution is 14.0. The summed E-state index contributed by atoms with van der Waals surface area (Å²) in [6.07, 6.45) is 5.06. The Labute approximate surface area is 182 Å². The molecule has 1 heterocycles. The lowest BCUT2D eigenvalue weighted by Crippen LogP contribution is -2.43. The fourth-order valence-electron chi connectivity index (χ4n) is 3.77. The molecule has 5 nitrogen and oxygen atoms in total. The Morgan fingerprint density at radius 2 is 1.96 bits per heavy atom. The van der Waals surface area contributed by atoms with Crippen LogP contribution < -0.4 is 10.6 Å². The molecule has 2 N–H and O–H groups in total. The van der Waals surface area contributed by atoms with Gasteiger partial charge in [-0.2, -0.15) is 0 Å². The van der Waals surface area contributed by atoms with E-state index in [9.17, 15) is 17.2 Å². The van der Waals surface area contributed by atoms with Crippen LogP contribution in [0, 0.1) is 17.6 Å². The predicted molar refractivity (Wildman–Crippen MR) is 118 cm³/mol. The van der Waals surface area contributed by atoms with E-state index in [1.165, 1.54) is 12.1 Å². The van der Waals surface area contributed by atoms with Gasteiger partial charge in [0.05, 0.1) is 17.5 Å². The minimum atomic E-state index is -2.94. The lowest BCUT2D eigenvalue weighted by molar-refractivity contribution is 0.541. The lowest BCUT2D eigenvalue weighted by Gasteiger charge is -2.22. The maximum absolute atomic E-state index is 14.1.